The highest BCUT2D eigenvalue weighted by molar-refractivity contribution is 5.83. The molecule has 0 saturated carbocycles. The average Bonchev–Trinajstić information content (AvgIpc) is 3.22. The van der Waals surface area contributed by atoms with E-state index in [0.717, 1.165) is 21.0 Å². The number of hydrogen-bond acceptors (Lipinski definition) is 5. The molecule has 2 amide bonds. The number of fused-ring (bicyclic) bond motifs is 2. The van der Waals surface area contributed by atoms with E-state index in [9.17, 15) is 19.2 Å². The summed E-state index contributed by atoms with van der Waals surface area (Å²) in [5.41, 5.74) is 6.24. The van der Waals surface area contributed by atoms with Crippen molar-refractivity contribution in [2.75, 3.05) is 6.61 Å². The monoisotopic (exact) mass is 463 g/mol. The molecule has 176 valence electrons. The maximum Gasteiger partial charge on any atom is 0.329 e. The Hall–Kier alpha value is -4.18. The Morgan fingerprint density at radius 3 is 2.50 bits per heavy atom. The first-order chi connectivity index (χ1) is 16.4. The molecule has 2 aromatic heterocycles. The van der Waals surface area contributed by atoms with Crippen LogP contribution in [0.4, 0.5) is 0 Å². The molecule has 10 nitrogen and oxygen atoms in total. The highest BCUT2D eigenvalue weighted by Crippen LogP contribution is 2.19. The summed E-state index contributed by atoms with van der Waals surface area (Å²) < 4.78 is 6.68. The Kier molecular flexibility index (Phi) is 6.88. The van der Waals surface area contributed by atoms with Crippen molar-refractivity contribution in [1.82, 2.24) is 19.9 Å². The Morgan fingerprint density at radius 2 is 1.74 bits per heavy atom. The molecular weight excluding hydrogens is 438 g/mol. The molecule has 0 aliphatic rings. The fourth-order valence-corrected chi connectivity index (χ4v) is 3.84. The lowest BCUT2D eigenvalue weighted by atomic mass is 10.1. The minimum atomic E-state index is -0.741. The van der Waals surface area contributed by atoms with Crippen LogP contribution in [-0.2, 0) is 27.3 Å². The van der Waals surface area contributed by atoms with Crippen molar-refractivity contribution in [1.29, 1.82) is 0 Å². The molecule has 0 spiro atoms. The number of nitrogens with two attached hydrogens (primary N) is 1. The molecule has 10 heteroatoms. The molecule has 4 rings (SSSR count). The van der Waals surface area contributed by atoms with Crippen LogP contribution in [-0.4, -0.2) is 39.2 Å². The average molecular weight is 463 g/mol. The van der Waals surface area contributed by atoms with Gasteiger partial charge in [0.15, 0.2) is 0 Å². The maximum atomic E-state index is 12.8. The predicted octanol–water partition coefficient (Wildman–Crippen LogP) is 1.14. The number of nitrogens with one attached hydrogen (secondary N) is 3. The number of hydrogen-bond donors (Lipinski definition) is 4. The zero-order valence-corrected chi connectivity index (χ0v) is 18.4. The third-order valence-corrected chi connectivity index (χ3v) is 5.48. The summed E-state index contributed by atoms with van der Waals surface area (Å²) in [4.78, 5) is 54.8. The van der Waals surface area contributed by atoms with Crippen molar-refractivity contribution < 1.29 is 14.3 Å². The molecule has 2 heterocycles. The van der Waals surface area contributed by atoms with E-state index in [2.05, 4.69) is 15.3 Å². The number of para-hydroxylation sites is 2. The molecule has 1 atom stereocenters. The van der Waals surface area contributed by atoms with Gasteiger partial charge in [0.05, 0.1) is 10.9 Å². The van der Waals surface area contributed by atoms with Crippen LogP contribution < -0.4 is 22.3 Å². The number of aromatic nitrogens is 3. The van der Waals surface area contributed by atoms with Crippen LogP contribution in [0.5, 0.6) is 0 Å². The lowest BCUT2D eigenvalue weighted by Gasteiger charge is -2.19. The van der Waals surface area contributed by atoms with Gasteiger partial charge in [0, 0.05) is 36.5 Å². The van der Waals surface area contributed by atoms with E-state index in [1.54, 1.807) is 24.3 Å². The van der Waals surface area contributed by atoms with Crippen molar-refractivity contribution in [2.45, 2.75) is 32.0 Å². The number of nitrogens with zero attached hydrogens (tertiary/aromatic N) is 1. The van der Waals surface area contributed by atoms with Gasteiger partial charge >= 0.3 is 5.69 Å². The van der Waals surface area contributed by atoms with E-state index < -0.39 is 35.8 Å². The zero-order chi connectivity index (χ0) is 24.1. The number of benzene rings is 2. The minimum absolute atomic E-state index is 0.162. The Balaban J connectivity index is 1.51. The number of carbonyl (C=O) groups is 2. The molecule has 0 fully saturated rings. The summed E-state index contributed by atoms with van der Waals surface area (Å²) in [6.07, 6.45) is 2.01. The molecule has 0 saturated heterocycles. The number of primary amides is 1. The predicted molar refractivity (Wildman–Crippen MR) is 127 cm³/mol. The van der Waals surface area contributed by atoms with Crippen LogP contribution in [0, 0.1) is 0 Å². The third-order valence-electron chi connectivity index (χ3n) is 5.48. The van der Waals surface area contributed by atoms with Gasteiger partial charge in [0.2, 0.25) is 11.8 Å². The van der Waals surface area contributed by atoms with E-state index in [4.69, 9.17) is 10.5 Å². The molecule has 34 heavy (non-hydrogen) atoms. The van der Waals surface area contributed by atoms with Gasteiger partial charge in [0.25, 0.3) is 5.56 Å². The first-order valence-electron chi connectivity index (χ1n) is 10.9. The van der Waals surface area contributed by atoms with E-state index >= 15 is 0 Å². The SMILES string of the molecule is NC(=O)CCCO[C@@H](Cc1c[nH]c2ccccc12)NC(=O)Cn1c(=O)[nH]c2ccccc2c1=O. The lowest BCUT2D eigenvalue weighted by molar-refractivity contribution is -0.126. The number of rotatable bonds is 10. The van der Waals surface area contributed by atoms with Crippen LogP contribution in [0.3, 0.4) is 0 Å². The topological polar surface area (TPSA) is 152 Å². The van der Waals surface area contributed by atoms with Crippen molar-refractivity contribution in [3.8, 4) is 0 Å². The second-order valence-electron chi connectivity index (χ2n) is 7.93. The largest absolute Gasteiger partial charge is 0.370 e. The van der Waals surface area contributed by atoms with Crippen LogP contribution in [0.2, 0.25) is 0 Å². The smallest absolute Gasteiger partial charge is 0.329 e. The minimum Gasteiger partial charge on any atom is -0.370 e. The summed E-state index contributed by atoms with van der Waals surface area (Å²) in [6, 6.07) is 14.3. The standard InChI is InChI=1S/C24H25N5O5/c25-20(30)10-5-11-34-22(12-15-13-26-18-8-3-1-6-16(15)18)28-21(31)14-29-23(32)17-7-2-4-9-19(17)27-24(29)33/h1-4,6-9,13,22,26H,5,10-12,14H2,(H2,25,30)(H,27,33)(H,28,31)/t22-/m0/s1. The Bertz CT molecular complexity index is 1450. The Labute approximate surface area is 193 Å². The molecule has 0 unspecified atom stereocenters. The quantitative estimate of drug-likeness (QED) is 0.205. The van der Waals surface area contributed by atoms with Gasteiger partial charge in [-0.05, 0) is 30.2 Å². The van der Waals surface area contributed by atoms with Gasteiger partial charge in [0.1, 0.15) is 12.8 Å². The van der Waals surface area contributed by atoms with Gasteiger partial charge in [-0.3, -0.25) is 19.0 Å². The fourth-order valence-electron chi connectivity index (χ4n) is 3.84. The van der Waals surface area contributed by atoms with E-state index in [-0.39, 0.29) is 13.0 Å². The summed E-state index contributed by atoms with van der Waals surface area (Å²) in [6.45, 7) is -0.263. The molecule has 5 N–H and O–H groups in total. The highest BCUT2D eigenvalue weighted by Gasteiger charge is 2.18. The zero-order valence-electron chi connectivity index (χ0n) is 18.4. The van der Waals surface area contributed by atoms with Crippen molar-refractivity contribution >= 4 is 33.6 Å². The van der Waals surface area contributed by atoms with Crippen molar-refractivity contribution in [3.05, 3.63) is 81.1 Å². The summed E-state index contributed by atoms with van der Waals surface area (Å²) in [5.74, 6) is -0.988. The summed E-state index contributed by atoms with van der Waals surface area (Å²) in [7, 11) is 0. The molecule has 0 radical (unpaired) electrons. The number of ether oxygens (including phenoxy) is 1. The van der Waals surface area contributed by atoms with E-state index in [1.807, 2.05) is 30.5 Å². The normalized spacial score (nSPS) is 12.1. The molecule has 0 bridgehead atoms. The maximum absolute atomic E-state index is 12.8. The number of amides is 2. The van der Waals surface area contributed by atoms with Crippen LogP contribution in [0.25, 0.3) is 21.8 Å². The van der Waals surface area contributed by atoms with E-state index in [1.165, 1.54) is 0 Å². The first-order valence-corrected chi connectivity index (χ1v) is 10.9. The van der Waals surface area contributed by atoms with Gasteiger partial charge < -0.3 is 25.8 Å². The van der Waals surface area contributed by atoms with Gasteiger partial charge in [-0.25, -0.2) is 4.79 Å². The third kappa shape index (κ3) is 5.24. The molecule has 2 aromatic carbocycles. The van der Waals surface area contributed by atoms with E-state index in [0.29, 0.717) is 23.7 Å². The van der Waals surface area contributed by atoms with Crippen molar-refractivity contribution in [3.63, 3.8) is 0 Å². The van der Waals surface area contributed by atoms with Crippen molar-refractivity contribution in [2.24, 2.45) is 5.73 Å². The number of aromatic amines is 2. The Morgan fingerprint density at radius 1 is 1.03 bits per heavy atom. The van der Waals surface area contributed by atoms with Gasteiger partial charge in [-0.15, -0.1) is 0 Å². The molecular formula is C24H25N5O5. The highest BCUT2D eigenvalue weighted by atomic mass is 16.5. The molecule has 0 aliphatic heterocycles. The van der Waals surface area contributed by atoms with Gasteiger partial charge in [-0.2, -0.15) is 0 Å². The molecule has 0 aliphatic carbocycles. The van der Waals surface area contributed by atoms with Crippen LogP contribution in [0.15, 0.2) is 64.3 Å². The van der Waals surface area contributed by atoms with Gasteiger partial charge in [-0.1, -0.05) is 30.3 Å². The molecule has 4 aromatic rings. The summed E-state index contributed by atoms with van der Waals surface area (Å²) in [5, 5.41) is 4.06. The second-order valence-corrected chi connectivity index (χ2v) is 7.93. The number of H-pyrrole nitrogens is 2. The first kappa shape index (κ1) is 23.0. The van der Waals surface area contributed by atoms with Crippen LogP contribution >= 0.6 is 0 Å². The fraction of sp³-hybridized carbons (Fsp3) is 0.250. The lowest BCUT2D eigenvalue weighted by Crippen LogP contribution is -2.45. The second kappa shape index (κ2) is 10.2. The van der Waals surface area contributed by atoms with Crippen LogP contribution in [0.1, 0.15) is 18.4 Å². The summed E-state index contributed by atoms with van der Waals surface area (Å²) >= 11 is 0. The number of carbonyl (C=O) groups excluding carboxylic acids is 2.